The lowest BCUT2D eigenvalue weighted by Crippen LogP contribution is -2.42. The fraction of sp³-hybridized carbons (Fsp3) is 0.312. The largest absolute Gasteiger partial charge is 0.373 e. The maximum atomic E-state index is 12.5. The van der Waals surface area contributed by atoms with Gasteiger partial charge in [0.15, 0.2) is 0 Å². The highest BCUT2D eigenvalue weighted by molar-refractivity contribution is 5.97. The molecule has 96 valence electrons. The lowest BCUT2D eigenvalue weighted by atomic mass is 9.81. The van der Waals surface area contributed by atoms with Gasteiger partial charge in [-0.1, -0.05) is 42.5 Å². The summed E-state index contributed by atoms with van der Waals surface area (Å²) in [5.41, 5.74) is 1.20. The van der Waals surface area contributed by atoms with Crippen LogP contribution in [0.3, 0.4) is 0 Å². The van der Waals surface area contributed by atoms with E-state index in [0.29, 0.717) is 5.56 Å². The molecule has 3 unspecified atom stereocenters. The summed E-state index contributed by atoms with van der Waals surface area (Å²) in [6, 6.07) is 7.72. The predicted octanol–water partition coefficient (Wildman–Crippen LogP) is 1.84. The van der Waals surface area contributed by atoms with Gasteiger partial charge in [0.25, 0.3) is 5.91 Å². The minimum atomic E-state index is -0.770. The van der Waals surface area contributed by atoms with Crippen molar-refractivity contribution in [3.8, 4) is 0 Å². The molecule has 3 heteroatoms. The number of rotatable bonds is 0. The number of carbonyl (C=O) groups excluding carboxylic acids is 1. The Labute approximate surface area is 111 Å². The first kappa shape index (κ1) is 11.0. The molecule has 1 aromatic rings. The molecular weight excluding hydrogens is 238 g/mol. The average molecular weight is 253 g/mol. The fourth-order valence-electron chi connectivity index (χ4n) is 3.83. The molecule has 0 saturated heterocycles. The predicted molar refractivity (Wildman–Crippen MR) is 71.6 cm³/mol. The zero-order valence-electron chi connectivity index (χ0n) is 10.7. The van der Waals surface area contributed by atoms with Gasteiger partial charge in [0.2, 0.25) is 0 Å². The van der Waals surface area contributed by atoms with Crippen LogP contribution >= 0.6 is 0 Å². The fourth-order valence-corrected chi connectivity index (χ4v) is 3.83. The first-order valence-corrected chi connectivity index (χ1v) is 6.54. The summed E-state index contributed by atoms with van der Waals surface area (Å²) in [6.45, 7) is 0. The minimum Gasteiger partial charge on any atom is -0.373 e. The van der Waals surface area contributed by atoms with Gasteiger partial charge in [0, 0.05) is 23.4 Å². The molecule has 0 bridgehead atoms. The van der Waals surface area contributed by atoms with Crippen LogP contribution in [0.15, 0.2) is 48.6 Å². The summed E-state index contributed by atoms with van der Waals surface area (Å²) < 4.78 is 0. The van der Waals surface area contributed by atoms with Crippen LogP contribution in [0.2, 0.25) is 0 Å². The Kier molecular flexibility index (Phi) is 1.83. The van der Waals surface area contributed by atoms with Gasteiger partial charge < -0.3 is 10.0 Å². The van der Waals surface area contributed by atoms with Gasteiger partial charge in [0.05, 0.1) is 0 Å². The van der Waals surface area contributed by atoms with Gasteiger partial charge in [-0.25, -0.2) is 0 Å². The van der Waals surface area contributed by atoms with Gasteiger partial charge >= 0.3 is 0 Å². The molecule has 19 heavy (non-hydrogen) atoms. The van der Waals surface area contributed by atoms with E-state index >= 15 is 0 Å². The second-order valence-electron chi connectivity index (χ2n) is 5.74. The molecule has 4 rings (SSSR count). The number of benzene rings is 1. The number of aliphatic hydroxyl groups is 1. The Morgan fingerprint density at radius 2 is 2.00 bits per heavy atom. The molecule has 1 fully saturated rings. The van der Waals surface area contributed by atoms with E-state index in [2.05, 4.69) is 12.2 Å². The summed E-state index contributed by atoms with van der Waals surface area (Å²) in [4.78, 5) is 13.9. The number of hydrogen-bond donors (Lipinski definition) is 1. The lowest BCUT2D eigenvalue weighted by Gasteiger charge is -2.30. The number of allylic oxidation sites excluding steroid dienone is 3. The number of fused-ring (bicyclic) bond motifs is 1. The SMILES string of the molecule is CN1C(=O)c2ccccc2C23C=CC=CC2(C3)C1O. The van der Waals surface area contributed by atoms with Crippen molar-refractivity contribution in [1.29, 1.82) is 0 Å². The Bertz CT molecular complexity index is 648. The molecule has 3 nitrogen and oxygen atoms in total. The van der Waals surface area contributed by atoms with Gasteiger partial charge in [-0.05, 0) is 18.1 Å². The number of nitrogens with zero attached hydrogens (tertiary/aromatic N) is 1. The van der Waals surface area contributed by atoms with Gasteiger partial charge in [0.1, 0.15) is 6.23 Å². The molecular formula is C16H15NO2. The maximum Gasteiger partial charge on any atom is 0.255 e. The molecule has 0 spiro atoms. The number of hydrogen-bond acceptors (Lipinski definition) is 2. The third-order valence-corrected chi connectivity index (χ3v) is 4.95. The van der Waals surface area contributed by atoms with E-state index in [4.69, 9.17) is 0 Å². The highest BCUT2D eigenvalue weighted by Crippen LogP contribution is 2.71. The Morgan fingerprint density at radius 1 is 1.26 bits per heavy atom. The third-order valence-electron chi connectivity index (χ3n) is 4.95. The highest BCUT2D eigenvalue weighted by Gasteiger charge is 2.72. The van der Waals surface area contributed by atoms with Crippen molar-refractivity contribution in [3.63, 3.8) is 0 Å². The molecule has 1 saturated carbocycles. The van der Waals surface area contributed by atoms with Crippen molar-refractivity contribution < 1.29 is 9.90 Å². The van der Waals surface area contributed by atoms with Gasteiger partial charge in [-0.15, -0.1) is 0 Å². The Balaban J connectivity index is 2.04. The maximum absolute atomic E-state index is 12.5. The summed E-state index contributed by atoms with van der Waals surface area (Å²) in [7, 11) is 1.68. The molecule has 1 amide bonds. The van der Waals surface area contributed by atoms with Crippen LogP contribution in [0.1, 0.15) is 22.3 Å². The molecule has 1 aliphatic heterocycles. The topological polar surface area (TPSA) is 40.5 Å². The molecule has 0 radical (unpaired) electrons. The molecule has 1 heterocycles. The number of carbonyl (C=O) groups is 1. The Morgan fingerprint density at radius 3 is 2.84 bits per heavy atom. The van der Waals surface area contributed by atoms with Crippen LogP contribution in [-0.2, 0) is 5.41 Å². The molecule has 2 aliphatic carbocycles. The van der Waals surface area contributed by atoms with Crippen molar-refractivity contribution in [2.45, 2.75) is 18.1 Å². The normalized spacial score (nSPS) is 38.3. The summed E-state index contributed by atoms with van der Waals surface area (Å²) in [5.74, 6) is -0.0993. The summed E-state index contributed by atoms with van der Waals surface area (Å²) in [6.07, 6.45) is 8.28. The molecule has 1 N–H and O–H groups in total. The van der Waals surface area contributed by atoms with E-state index in [1.165, 1.54) is 4.90 Å². The van der Waals surface area contributed by atoms with Crippen molar-refractivity contribution in [2.24, 2.45) is 5.41 Å². The first-order valence-electron chi connectivity index (χ1n) is 6.54. The van der Waals surface area contributed by atoms with Crippen molar-refractivity contribution in [3.05, 3.63) is 59.7 Å². The van der Waals surface area contributed by atoms with Gasteiger partial charge in [-0.2, -0.15) is 0 Å². The summed E-state index contributed by atoms with van der Waals surface area (Å²) >= 11 is 0. The van der Waals surface area contributed by atoms with Crippen molar-refractivity contribution in [2.75, 3.05) is 7.05 Å². The van der Waals surface area contributed by atoms with Crippen LogP contribution in [0, 0.1) is 5.41 Å². The first-order chi connectivity index (χ1) is 9.12. The second-order valence-corrected chi connectivity index (χ2v) is 5.74. The molecule has 3 atom stereocenters. The smallest absolute Gasteiger partial charge is 0.255 e. The summed E-state index contributed by atoms with van der Waals surface area (Å²) in [5, 5.41) is 10.6. The number of amides is 1. The zero-order valence-corrected chi connectivity index (χ0v) is 10.7. The highest BCUT2D eigenvalue weighted by atomic mass is 16.3. The zero-order chi connectivity index (χ0) is 13.3. The third kappa shape index (κ3) is 1.06. The van der Waals surface area contributed by atoms with Crippen LogP contribution in [0.4, 0.5) is 0 Å². The van der Waals surface area contributed by atoms with E-state index in [1.807, 2.05) is 36.4 Å². The van der Waals surface area contributed by atoms with Crippen LogP contribution in [0.25, 0.3) is 0 Å². The molecule has 0 aromatic heterocycles. The van der Waals surface area contributed by atoms with E-state index in [1.54, 1.807) is 7.05 Å². The quantitative estimate of drug-likeness (QED) is 0.766. The van der Waals surface area contributed by atoms with Crippen LogP contribution < -0.4 is 0 Å². The van der Waals surface area contributed by atoms with E-state index in [0.717, 1.165) is 12.0 Å². The van der Waals surface area contributed by atoms with E-state index < -0.39 is 6.23 Å². The monoisotopic (exact) mass is 253 g/mol. The van der Waals surface area contributed by atoms with Crippen LogP contribution in [-0.4, -0.2) is 29.2 Å². The standard InChI is InChI=1S/C16H15NO2/c1-17-13(18)11-6-2-3-7-12(11)15-8-4-5-9-16(15,10-15)14(17)19/h2-9,14,19H,10H2,1H3. The molecule has 1 aromatic carbocycles. The number of aliphatic hydroxyl groups excluding tert-OH is 1. The van der Waals surface area contributed by atoms with Crippen molar-refractivity contribution in [1.82, 2.24) is 4.90 Å². The Hall–Kier alpha value is -1.87. The van der Waals surface area contributed by atoms with E-state index in [9.17, 15) is 9.90 Å². The minimum absolute atomic E-state index is 0.0993. The van der Waals surface area contributed by atoms with E-state index in [-0.39, 0.29) is 16.7 Å². The molecule has 3 aliphatic rings. The van der Waals surface area contributed by atoms with Gasteiger partial charge in [-0.3, -0.25) is 4.79 Å². The van der Waals surface area contributed by atoms with Crippen LogP contribution in [0.5, 0.6) is 0 Å². The second kappa shape index (κ2) is 3.17. The van der Waals surface area contributed by atoms with Crippen molar-refractivity contribution >= 4 is 5.91 Å². The lowest BCUT2D eigenvalue weighted by molar-refractivity contribution is -0.0127. The average Bonchev–Trinajstić information content (AvgIpc) is 3.16.